The highest BCUT2D eigenvalue weighted by atomic mass is 19.4. The third kappa shape index (κ3) is 6.12. The monoisotopic (exact) mass is 616 g/mol. The van der Waals surface area contributed by atoms with E-state index in [1.165, 1.54) is 0 Å². The summed E-state index contributed by atoms with van der Waals surface area (Å²) in [5.41, 5.74) is 1.98. The Hall–Kier alpha value is -4.08. The van der Waals surface area contributed by atoms with Crippen LogP contribution in [0.2, 0.25) is 0 Å². The van der Waals surface area contributed by atoms with Crippen LogP contribution in [0.25, 0.3) is 16.7 Å². The quantitative estimate of drug-likeness (QED) is 0.229. The summed E-state index contributed by atoms with van der Waals surface area (Å²) < 4.78 is 88.0. The minimum absolute atomic E-state index is 0.136. The van der Waals surface area contributed by atoms with Gasteiger partial charge in [0.2, 0.25) is 0 Å². The number of nitrogens with zero attached hydrogens (tertiary/aromatic N) is 1. The zero-order chi connectivity index (χ0) is 32.9. The second kappa shape index (κ2) is 11.4. The third-order valence-corrected chi connectivity index (χ3v) is 7.74. The normalized spacial score (nSPS) is 15.5. The summed E-state index contributed by atoms with van der Waals surface area (Å²) in [6, 6.07) is 9.35. The molecule has 0 saturated carbocycles. The number of carbonyl (C=O) groups excluding carboxylic acids is 1. The summed E-state index contributed by atoms with van der Waals surface area (Å²) in [5.74, 6) is -0.539. The topological polar surface area (TPSA) is 54.5 Å². The predicted molar refractivity (Wildman–Crippen MR) is 159 cm³/mol. The number of aromatic amines is 1. The molecular weight excluding hydrogens is 582 g/mol. The Bertz CT molecular complexity index is 1710. The molecule has 1 aliphatic heterocycles. The number of ether oxygens (including phenoxy) is 1. The molecule has 2 aromatic carbocycles. The van der Waals surface area contributed by atoms with Gasteiger partial charge in [0.1, 0.15) is 0 Å². The fourth-order valence-corrected chi connectivity index (χ4v) is 5.56. The zero-order valence-electron chi connectivity index (χ0n) is 25.8. The molecule has 0 saturated heterocycles. The molecule has 0 bridgehead atoms. The number of carbonyl (C=O) groups is 1. The van der Waals surface area contributed by atoms with Crippen molar-refractivity contribution < 1.29 is 35.9 Å². The van der Waals surface area contributed by atoms with Gasteiger partial charge >= 0.3 is 18.3 Å². The van der Waals surface area contributed by atoms with Gasteiger partial charge in [-0.25, -0.2) is 4.79 Å². The smallest absolute Gasteiger partial charge is 0.417 e. The summed E-state index contributed by atoms with van der Waals surface area (Å²) in [6.45, 7) is 14.7. The lowest BCUT2D eigenvalue weighted by molar-refractivity contribution is -0.143. The molecule has 0 aliphatic carbocycles. The van der Waals surface area contributed by atoms with Gasteiger partial charge in [-0.1, -0.05) is 51.1 Å². The van der Waals surface area contributed by atoms with Crippen molar-refractivity contribution in [2.45, 2.75) is 73.2 Å². The van der Waals surface area contributed by atoms with Crippen LogP contribution in [0.4, 0.5) is 26.3 Å². The van der Waals surface area contributed by atoms with Gasteiger partial charge in [-0.2, -0.15) is 26.3 Å². The first-order valence-electron chi connectivity index (χ1n) is 14.0. The fraction of sp³-hybridized carbons (Fsp3) is 0.353. The molecule has 10 heteroatoms. The molecule has 1 aliphatic rings. The van der Waals surface area contributed by atoms with Crippen molar-refractivity contribution in [3.8, 4) is 11.1 Å². The van der Waals surface area contributed by atoms with E-state index in [0.29, 0.717) is 56.7 Å². The number of hydrogen-bond acceptors (Lipinski definition) is 3. The number of benzene rings is 2. The number of aryl methyl sites for hydroxylation is 1. The van der Waals surface area contributed by atoms with E-state index >= 15 is 0 Å². The molecule has 0 spiro atoms. The molecule has 44 heavy (non-hydrogen) atoms. The van der Waals surface area contributed by atoms with Gasteiger partial charge in [-0.3, -0.25) is 4.99 Å². The molecule has 234 valence electrons. The Morgan fingerprint density at radius 2 is 1.45 bits per heavy atom. The Labute approximate surface area is 252 Å². The summed E-state index contributed by atoms with van der Waals surface area (Å²) in [4.78, 5) is 20.8. The molecule has 1 N–H and O–H groups in total. The Kier molecular flexibility index (Phi) is 8.54. The van der Waals surface area contributed by atoms with Crippen molar-refractivity contribution in [1.82, 2.24) is 4.98 Å². The number of halogens is 6. The molecule has 0 radical (unpaired) electrons. The van der Waals surface area contributed by atoms with Crippen LogP contribution in [0.5, 0.6) is 0 Å². The maximum atomic E-state index is 14.2. The highest BCUT2D eigenvalue weighted by Gasteiger charge is 2.39. The van der Waals surface area contributed by atoms with E-state index < -0.39 is 29.4 Å². The first kappa shape index (κ1) is 32.8. The third-order valence-electron chi connectivity index (χ3n) is 7.74. The van der Waals surface area contributed by atoms with E-state index in [1.54, 1.807) is 34.6 Å². The van der Waals surface area contributed by atoms with Crippen LogP contribution >= 0.6 is 0 Å². The highest BCUT2D eigenvalue weighted by molar-refractivity contribution is 6.22. The van der Waals surface area contributed by atoms with Gasteiger partial charge in [0.05, 0.1) is 40.4 Å². The van der Waals surface area contributed by atoms with Crippen LogP contribution in [0.15, 0.2) is 64.3 Å². The van der Waals surface area contributed by atoms with Crippen LogP contribution in [0.3, 0.4) is 0 Å². The number of rotatable bonds is 5. The highest BCUT2D eigenvalue weighted by Crippen LogP contribution is 2.45. The SMILES string of the molecule is CCOC(=O)C1=C(C)C(=C(c2ccc(C(C)(C)C)cc2)c2[nH]c(C)c(-c3ccc(C(F)(F)F)cc3C(F)(F)F)c2C)N=C1C. The number of hydrogen-bond donors (Lipinski definition) is 1. The Morgan fingerprint density at radius 1 is 0.864 bits per heavy atom. The second-order valence-electron chi connectivity index (χ2n) is 11.8. The Balaban J connectivity index is 2.05. The first-order chi connectivity index (χ1) is 20.3. The van der Waals surface area contributed by atoms with E-state index in [-0.39, 0.29) is 29.2 Å². The van der Waals surface area contributed by atoms with Gasteiger partial charge in [0.15, 0.2) is 0 Å². The number of aliphatic imine (C=N–C) groups is 1. The van der Waals surface area contributed by atoms with E-state index in [9.17, 15) is 31.1 Å². The molecule has 3 aromatic rings. The van der Waals surface area contributed by atoms with E-state index in [0.717, 1.165) is 11.6 Å². The lowest BCUT2D eigenvalue weighted by Gasteiger charge is -2.20. The number of esters is 1. The molecule has 0 amide bonds. The lowest BCUT2D eigenvalue weighted by Crippen LogP contribution is -2.13. The summed E-state index contributed by atoms with van der Waals surface area (Å²) >= 11 is 0. The van der Waals surface area contributed by atoms with Crippen molar-refractivity contribution in [1.29, 1.82) is 0 Å². The van der Waals surface area contributed by atoms with E-state index in [4.69, 9.17) is 9.73 Å². The molecule has 0 atom stereocenters. The molecule has 4 nitrogen and oxygen atoms in total. The molecule has 2 heterocycles. The standard InChI is InChI=1S/C34H34F6N2O2/c1-9-44-31(43)27-18(3)30(42-20(27)5)28(21-10-12-22(13-11-21)32(6,7)8)29-17(2)26(19(4)41-29)24-15-14-23(33(35,36)37)16-25(24)34(38,39)40/h10-16,41H,9H2,1-8H3. The number of aromatic nitrogens is 1. The van der Waals surface area contributed by atoms with Crippen molar-refractivity contribution in [3.05, 3.63) is 98.5 Å². The van der Waals surface area contributed by atoms with Crippen LogP contribution in [0.1, 0.15) is 80.7 Å². The number of allylic oxidation sites excluding steroid dienone is 1. The van der Waals surface area contributed by atoms with Crippen LogP contribution in [-0.2, 0) is 27.3 Å². The van der Waals surface area contributed by atoms with Crippen LogP contribution in [-0.4, -0.2) is 23.3 Å². The number of alkyl halides is 6. The van der Waals surface area contributed by atoms with E-state index in [1.807, 2.05) is 24.3 Å². The maximum Gasteiger partial charge on any atom is 0.417 e. The predicted octanol–water partition coefficient (Wildman–Crippen LogP) is 9.75. The zero-order valence-corrected chi connectivity index (χ0v) is 25.8. The van der Waals surface area contributed by atoms with Crippen LogP contribution < -0.4 is 0 Å². The molecule has 1 aromatic heterocycles. The van der Waals surface area contributed by atoms with Crippen LogP contribution in [0, 0.1) is 13.8 Å². The lowest BCUT2D eigenvalue weighted by atomic mass is 9.85. The number of nitrogens with one attached hydrogen (secondary N) is 1. The van der Waals surface area contributed by atoms with E-state index in [2.05, 4.69) is 25.8 Å². The van der Waals surface area contributed by atoms with Gasteiger partial charge in [0.25, 0.3) is 0 Å². The largest absolute Gasteiger partial charge is 0.462 e. The van der Waals surface area contributed by atoms with Crippen molar-refractivity contribution in [3.63, 3.8) is 0 Å². The average Bonchev–Trinajstić information content (AvgIpc) is 3.36. The van der Waals surface area contributed by atoms with Crippen molar-refractivity contribution >= 4 is 17.3 Å². The fourth-order valence-electron chi connectivity index (χ4n) is 5.56. The molecule has 4 rings (SSSR count). The number of H-pyrrole nitrogens is 1. The molecule has 0 unspecified atom stereocenters. The van der Waals surface area contributed by atoms with Gasteiger partial charge in [-0.05, 0) is 80.0 Å². The minimum atomic E-state index is -5.04. The van der Waals surface area contributed by atoms with Crippen molar-refractivity contribution in [2.24, 2.45) is 4.99 Å². The molecular formula is C34H34F6N2O2. The van der Waals surface area contributed by atoms with Gasteiger partial charge in [0, 0.05) is 16.8 Å². The summed E-state index contributed by atoms with van der Waals surface area (Å²) in [6.07, 6.45) is -9.99. The Morgan fingerprint density at radius 3 is 1.98 bits per heavy atom. The van der Waals surface area contributed by atoms with Crippen molar-refractivity contribution in [2.75, 3.05) is 6.61 Å². The first-order valence-corrected chi connectivity index (χ1v) is 14.0. The van der Waals surface area contributed by atoms with Gasteiger partial charge < -0.3 is 9.72 Å². The maximum absolute atomic E-state index is 14.2. The second-order valence-corrected chi connectivity index (χ2v) is 11.8. The summed E-state index contributed by atoms with van der Waals surface area (Å²) in [7, 11) is 0. The minimum Gasteiger partial charge on any atom is -0.462 e. The van der Waals surface area contributed by atoms with Gasteiger partial charge in [-0.15, -0.1) is 0 Å². The summed E-state index contributed by atoms with van der Waals surface area (Å²) in [5, 5.41) is 0. The average molecular weight is 617 g/mol. The molecule has 0 fully saturated rings.